The summed E-state index contributed by atoms with van der Waals surface area (Å²) in [5, 5.41) is 7.08. The van der Waals surface area contributed by atoms with Crippen LogP contribution in [0.4, 0.5) is 0 Å². The Bertz CT molecular complexity index is 939. The Morgan fingerprint density at radius 3 is 2.39 bits per heavy atom. The summed E-state index contributed by atoms with van der Waals surface area (Å²) in [6.07, 6.45) is 0.630. The molecular formula is C24H29ClN4O2. The molecule has 1 atom stereocenters. The van der Waals surface area contributed by atoms with Crippen molar-refractivity contribution in [3.05, 3.63) is 64.7 Å². The molecule has 2 aliphatic rings. The molecule has 6 nitrogen and oxygen atoms in total. The fourth-order valence-corrected chi connectivity index (χ4v) is 4.46. The molecule has 1 saturated heterocycles. The second-order valence-electron chi connectivity index (χ2n) is 7.97. The minimum atomic E-state index is -0.151. The molecule has 1 fully saturated rings. The van der Waals surface area contributed by atoms with Gasteiger partial charge in [-0.25, -0.2) is 5.01 Å². The first-order valence-corrected chi connectivity index (χ1v) is 11.2. The second-order valence-corrected chi connectivity index (χ2v) is 8.38. The van der Waals surface area contributed by atoms with Gasteiger partial charge < -0.3 is 9.64 Å². The minimum Gasteiger partial charge on any atom is -0.497 e. The van der Waals surface area contributed by atoms with Gasteiger partial charge in [0.15, 0.2) is 0 Å². The Hall–Kier alpha value is -2.41. The van der Waals surface area contributed by atoms with Crippen molar-refractivity contribution in [1.29, 1.82) is 0 Å². The summed E-state index contributed by atoms with van der Waals surface area (Å²) in [4.78, 5) is 18.0. The molecule has 0 saturated carbocycles. The monoisotopic (exact) mass is 440 g/mol. The largest absolute Gasteiger partial charge is 0.497 e. The van der Waals surface area contributed by atoms with Gasteiger partial charge in [0.05, 0.1) is 25.4 Å². The zero-order valence-electron chi connectivity index (χ0n) is 18.1. The predicted molar refractivity (Wildman–Crippen MR) is 124 cm³/mol. The second kappa shape index (κ2) is 9.81. The van der Waals surface area contributed by atoms with Crippen molar-refractivity contribution < 1.29 is 9.53 Å². The van der Waals surface area contributed by atoms with Crippen molar-refractivity contribution in [1.82, 2.24) is 14.8 Å². The van der Waals surface area contributed by atoms with E-state index in [1.54, 1.807) is 12.1 Å². The fourth-order valence-electron chi connectivity index (χ4n) is 4.21. The van der Waals surface area contributed by atoms with E-state index in [2.05, 4.69) is 16.7 Å². The maximum atomic E-state index is 13.3. The lowest BCUT2D eigenvalue weighted by Gasteiger charge is -2.34. The zero-order chi connectivity index (χ0) is 21.8. The number of piperazine rings is 1. The third-order valence-electron chi connectivity index (χ3n) is 6.12. The molecule has 0 aromatic heterocycles. The lowest BCUT2D eigenvalue weighted by Crippen LogP contribution is -2.49. The van der Waals surface area contributed by atoms with E-state index in [9.17, 15) is 4.79 Å². The number of rotatable bonds is 6. The number of carbonyl (C=O) groups is 1. The number of ether oxygens (including phenoxy) is 1. The van der Waals surface area contributed by atoms with Crippen LogP contribution in [0.15, 0.2) is 53.6 Å². The summed E-state index contributed by atoms with van der Waals surface area (Å²) < 4.78 is 5.29. The van der Waals surface area contributed by atoms with Gasteiger partial charge in [0.25, 0.3) is 5.91 Å². The van der Waals surface area contributed by atoms with Gasteiger partial charge in [-0.05, 0) is 30.3 Å². The van der Waals surface area contributed by atoms with Crippen molar-refractivity contribution in [3.8, 4) is 5.75 Å². The highest BCUT2D eigenvalue weighted by molar-refractivity contribution is 6.34. The molecule has 0 radical (unpaired) electrons. The van der Waals surface area contributed by atoms with Gasteiger partial charge in [-0.2, -0.15) is 5.10 Å². The van der Waals surface area contributed by atoms with Gasteiger partial charge in [-0.3, -0.25) is 9.69 Å². The van der Waals surface area contributed by atoms with Gasteiger partial charge in [0.2, 0.25) is 0 Å². The van der Waals surface area contributed by atoms with Crippen LogP contribution in [-0.2, 0) is 4.79 Å². The van der Waals surface area contributed by atoms with E-state index in [-0.39, 0.29) is 11.9 Å². The average Bonchev–Trinajstić information content (AvgIpc) is 3.25. The number of methoxy groups -OCH3 is 1. The summed E-state index contributed by atoms with van der Waals surface area (Å²) in [5.74, 6) is 0.813. The van der Waals surface area contributed by atoms with Crippen molar-refractivity contribution in [3.63, 3.8) is 0 Å². The molecule has 2 aromatic carbocycles. The molecule has 2 heterocycles. The molecule has 1 amide bonds. The van der Waals surface area contributed by atoms with Crippen LogP contribution in [0, 0.1) is 0 Å². The molecule has 0 N–H and O–H groups in total. The molecule has 4 rings (SSSR count). The smallest absolute Gasteiger partial charge is 0.257 e. The maximum Gasteiger partial charge on any atom is 0.257 e. The molecular weight excluding hydrogens is 412 g/mol. The van der Waals surface area contributed by atoms with Gasteiger partial charge in [0, 0.05) is 43.2 Å². The summed E-state index contributed by atoms with van der Waals surface area (Å²) >= 11 is 6.43. The van der Waals surface area contributed by atoms with Gasteiger partial charge in [0.1, 0.15) is 5.75 Å². The van der Waals surface area contributed by atoms with Crippen LogP contribution in [-0.4, -0.2) is 72.8 Å². The Kier molecular flexibility index (Phi) is 6.90. The molecule has 7 heteroatoms. The first-order valence-electron chi connectivity index (χ1n) is 10.8. The molecule has 164 valence electrons. The van der Waals surface area contributed by atoms with Gasteiger partial charge in [-0.1, -0.05) is 48.9 Å². The third-order valence-corrected chi connectivity index (χ3v) is 6.45. The maximum absolute atomic E-state index is 13.3. The fraction of sp³-hybridized carbons (Fsp3) is 0.417. The molecule has 0 unspecified atom stereocenters. The highest BCUT2D eigenvalue weighted by Crippen LogP contribution is 2.35. The quantitative estimate of drug-likeness (QED) is 0.687. The zero-order valence-corrected chi connectivity index (χ0v) is 18.9. The summed E-state index contributed by atoms with van der Waals surface area (Å²) in [6.45, 7) is 7.42. The summed E-state index contributed by atoms with van der Waals surface area (Å²) in [6, 6.07) is 15.4. The van der Waals surface area contributed by atoms with E-state index in [4.69, 9.17) is 21.4 Å². The lowest BCUT2D eigenvalue weighted by molar-refractivity contribution is -0.134. The number of halogens is 1. The molecule has 2 aromatic rings. The van der Waals surface area contributed by atoms with Crippen LogP contribution in [0.25, 0.3) is 0 Å². The van der Waals surface area contributed by atoms with Crippen molar-refractivity contribution in [2.45, 2.75) is 19.4 Å². The van der Waals surface area contributed by atoms with Crippen molar-refractivity contribution in [2.75, 3.05) is 46.4 Å². The van der Waals surface area contributed by atoms with Crippen LogP contribution >= 0.6 is 11.6 Å². The number of likely N-dealkylation sites (N-methyl/N-ethyl adjacent to an activating group) is 1. The number of nitrogens with zero attached hydrogens (tertiary/aromatic N) is 4. The van der Waals surface area contributed by atoms with Gasteiger partial charge >= 0.3 is 0 Å². The minimum absolute atomic E-state index is 0.0211. The average molecular weight is 441 g/mol. The van der Waals surface area contributed by atoms with E-state index in [0.29, 0.717) is 18.0 Å². The van der Waals surface area contributed by atoms with Crippen molar-refractivity contribution >= 4 is 23.2 Å². The molecule has 0 aliphatic carbocycles. The number of hydrogen-bond acceptors (Lipinski definition) is 5. The van der Waals surface area contributed by atoms with E-state index >= 15 is 0 Å². The molecule has 31 heavy (non-hydrogen) atoms. The normalized spacial score (nSPS) is 20.0. The topological polar surface area (TPSA) is 48.4 Å². The Morgan fingerprint density at radius 1 is 1.06 bits per heavy atom. The standard InChI is InChI=1S/C24H29ClN4O2/c1-3-27-12-14-28(15-13-27)17-24(30)29-23(18-8-10-19(31-2)11-9-18)16-22(26-29)20-6-4-5-7-21(20)25/h4-11,23H,3,12-17H2,1-2H3/t23-/m0/s1. The van der Waals surface area contributed by atoms with Gasteiger partial charge in [-0.15, -0.1) is 0 Å². The number of hydrazone groups is 1. The Balaban J connectivity index is 1.56. The summed E-state index contributed by atoms with van der Waals surface area (Å²) in [5.41, 5.74) is 2.76. The first kappa shape index (κ1) is 21.8. The van der Waals surface area contributed by atoms with E-state index in [1.807, 2.05) is 48.5 Å². The Labute approximate surface area is 189 Å². The third kappa shape index (κ3) is 4.92. The molecule has 0 spiro atoms. The van der Waals surface area contributed by atoms with Crippen LogP contribution < -0.4 is 4.74 Å². The van der Waals surface area contributed by atoms with Crippen LogP contribution in [0.3, 0.4) is 0 Å². The van der Waals surface area contributed by atoms with Crippen LogP contribution in [0.2, 0.25) is 5.02 Å². The molecule has 0 bridgehead atoms. The van der Waals surface area contributed by atoms with Crippen molar-refractivity contribution in [2.24, 2.45) is 5.10 Å². The SMILES string of the molecule is CCN1CCN(CC(=O)N2N=C(c3ccccc3Cl)C[C@H]2c2ccc(OC)cc2)CC1. The first-order chi connectivity index (χ1) is 15.1. The highest BCUT2D eigenvalue weighted by atomic mass is 35.5. The number of carbonyl (C=O) groups excluding carboxylic acids is 1. The lowest BCUT2D eigenvalue weighted by atomic mass is 9.98. The number of amides is 1. The highest BCUT2D eigenvalue weighted by Gasteiger charge is 2.34. The number of hydrogen-bond donors (Lipinski definition) is 0. The van der Waals surface area contributed by atoms with E-state index < -0.39 is 0 Å². The van der Waals surface area contributed by atoms with E-state index in [1.165, 1.54) is 0 Å². The Morgan fingerprint density at radius 2 is 1.74 bits per heavy atom. The van der Waals surface area contributed by atoms with Crippen LogP contribution in [0.5, 0.6) is 5.75 Å². The summed E-state index contributed by atoms with van der Waals surface area (Å²) in [7, 11) is 1.65. The molecule has 2 aliphatic heterocycles. The predicted octanol–water partition coefficient (Wildman–Crippen LogP) is 3.66. The van der Waals surface area contributed by atoms with Crippen LogP contribution in [0.1, 0.15) is 30.5 Å². The number of benzene rings is 2. The van der Waals surface area contributed by atoms with E-state index in [0.717, 1.165) is 55.3 Å².